The molecule has 0 radical (unpaired) electrons. The predicted octanol–water partition coefficient (Wildman–Crippen LogP) is 6.14. The molecule has 7 heteroatoms. The lowest BCUT2D eigenvalue weighted by Crippen LogP contribution is -1.98. The molecule has 176 valence electrons. The molecule has 4 rings (SSSR count). The summed E-state index contributed by atoms with van der Waals surface area (Å²) < 4.78 is 10.9. The molecule has 0 amide bonds. The third-order valence-electron chi connectivity index (χ3n) is 4.78. The second-order valence-electron chi connectivity index (χ2n) is 7.09. The second kappa shape index (κ2) is 13.0. The fourth-order valence-corrected chi connectivity index (χ4v) is 3.20. The normalized spacial score (nSPS) is 10.4. The minimum atomic E-state index is -0.156. The van der Waals surface area contributed by atoms with Crippen LogP contribution in [0.2, 0.25) is 0 Å². The molecule has 6 nitrogen and oxygen atoms in total. The Morgan fingerprint density at radius 3 is 2.15 bits per heavy atom. The van der Waals surface area contributed by atoms with E-state index >= 15 is 0 Å². The fourth-order valence-electron chi connectivity index (χ4n) is 3.05. The maximum atomic E-state index is 12.4. The van der Waals surface area contributed by atoms with Crippen molar-refractivity contribution in [2.75, 3.05) is 14.2 Å². The van der Waals surface area contributed by atoms with E-state index in [2.05, 4.69) is 41.7 Å². The van der Waals surface area contributed by atoms with Crippen molar-refractivity contribution < 1.29 is 23.6 Å². The summed E-state index contributed by atoms with van der Waals surface area (Å²) in [4.78, 5) is 25.9. The van der Waals surface area contributed by atoms with Crippen LogP contribution in [0.5, 0.6) is 5.75 Å². The van der Waals surface area contributed by atoms with Gasteiger partial charge in [-0.05, 0) is 55.8 Å². The van der Waals surface area contributed by atoms with E-state index < -0.39 is 0 Å². The quantitative estimate of drug-likeness (QED) is 0.162. The van der Waals surface area contributed by atoms with Gasteiger partial charge in [0.25, 0.3) is 0 Å². The van der Waals surface area contributed by atoms with Gasteiger partial charge in [0.2, 0.25) is 5.78 Å². The largest absolute Gasteiger partial charge is 0.493 e. The van der Waals surface area contributed by atoms with Gasteiger partial charge in [0.1, 0.15) is 13.9 Å². The van der Waals surface area contributed by atoms with Crippen molar-refractivity contribution in [3.63, 3.8) is 0 Å². The Bertz CT molecular complexity index is 1240. The first-order valence-electron chi connectivity index (χ1n) is 10.3. The number of rotatable bonds is 5. The van der Waals surface area contributed by atoms with Gasteiger partial charge in [0.15, 0.2) is 17.1 Å². The van der Waals surface area contributed by atoms with Crippen molar-refractivity contribution in [1.29, 1.82) is 0 Å². The van der Waals surface area contributed by atoms with Gasteiger partial charge < -0.3 is 18.8 Å². The van der Waals surface area contributed by atoms with Crippen molar-refractivity contribution in [3.05, 3.63) is 95.2 Å². The van der Waals surface area contributed by atoms with E-state index in [0.717, 1.165) is 21.6 Å². The van der Waals surface area contributed by atoms with E-state index in [0.29, 0.717) is 22.7 Å². The van der Waals surface area contributed by atoms with Crippen LogP contribution in [0, 0.1) is 6.92 Å². The number of benzene rings is 3. The maximum Gasteiger partial charge on any atom is 0.228 e. The van der Waals surface area contributed by atoms with Gasteiger partial charge in [-0.25, -0.2) is 0 Å². The van der Waals surface area contributed by atoms with Gasteiger partial charge in [-0.1, -0.05) is 47.1 Å². The average molecular weight is 478 g/mol. The van der Waals surface area contributed by atoms with Crippen LogP contribution < -0.4 is 4.74 Å². The minimum absolute atomic E-state index is 0.156. The second-order valence-corrected chi connectivity index (χ2v) is 7.61. The van der Waals surface area contributed by atoms with Crippen molar-refractivity contribution >= 4 is 41.9 Å². The first kappa shape index (κ1) is 26.4. The highest BCUT2D eigenvalue weighted by atomic mass is 32.1. The van der Waals surface area contributed by atoms with Crippen molar-refractivity contribution in [1.82, 2.24) is 0 Å². The monoisotopic (exact) mass is 477 g/mol. The summed E-state index contributed by atoms with van der Waals surface area (Å²) in [5.74, 6) is 0.764. The number of carbonyl (C=O) groups excluding carboxylic acids is 2. The lowest BCUT2D eigenvalue weighted by Gasteiger charge is -1.99. The van der Waals surface area contributed by atoms with Gasteiger partial charge in [-0.2, -0.15) is 0 Å². The van der Waals surface area contributed by atoms with Gasteiger partial charge >= 0.3 is 0 Å². The molecule has 0 aliphatic carbocycles. The van der Waals surface area contributed by atoms with Crippen LogP contribution in [0.1, 0.15) is 34.2 Å². The highest BCUT2D eigenvalue weighted by molar-refractivity contribution is 7.80. The number of ketones is 1. The van der Waals surface area contributed by atoms with E-state index in [-0.39, 0.29) is 5.78 Å². The number of hydrogen-bond acceptors (Lipinski definition) is 7. The molecule has 4 aromatic rings. The molecule has 0 aliphatic heterocycles. The first-order chi connectivity index (χ1) is 16.4. The molecule has 0 aliphatic rings. The zero-order valence-corrected chi connectivity index (χ0v) is 20.5. The number of aryl methyl sites for hydroxylation is 1. The molecular formula is C27H27NO5S. The summed E-state index contributed by atoms with van der Waals surface area (Å²) in [6.45, 7) is 5.99. The number of methoxy groups -OCH3 is 1. The number of para-hydroxylation sites is 1. The molecule has 0 unspecified atom stereocenters. The number of furan rings is 1. The van der Waals surface area contributed by atoms with Gasteiger partial charge in [-0.15, -0.1) is 12.6 Å². The summed E-state index contributed by atoms with van der Waals surface area (Å²) >= 11 is 4.20. The van der Waals surface area contributed by atoms with E-state index in [1.54, 1.807) is 50.6 Å². The molecular weight excluding hydrogens is 450 g/mol. The third-order valence-corrected chi connectivity index (χ3v) is 5.08. The van der Waals surface area contributed by atoms with Crippen LogP contribution in [-0.4, -0.2) is 32.5 Å². The number of thiol groups is 1. The molecule has 0 saturated carbocycles. The van der Waals surface area contributed by atoms with Crippen molar-refractivity contribution in [2.45, 2.75) is 18.7 Å². The van der Waals surface area contributed by atoms with E-state index in [1.807, 2.05) is 38.0 Å². The maximum absolute atomic E-state index is 12.4. The molecule has 0 saturated heterocycles. The van der Waals surface area contributed by atoms with Gasteiger partial charge in [-0.3, -0.25) is 4.79 Å². The molecule has 1 heterocycles. The fraction of sp³-hybridized carbons (Fsp3) is 0.148. The zero-order chi connectivity index (χ0) is 25.1. The highest BCUT2D eigenvalue weighted by Crippen LogP contribution is 2.29. The Morgan fingerprint density at radius 1 is 0.941 bits per heavy atom. The topological polar surface area (TPSA) is 78.1 Å². The number of nitrogens with zero attached hydrogens (tertiary/aromatic N) is 1. The number of fused-ring (bicyclic) bond motifs is 1. The van der Waals surface area contributed by atoms with Gasteiger partial charge in [0.05, 0.1) is 12.8 Å². The van der Waals surface area contributed by atoms with E-state index in [9.17, 15) is 4.79 Å². The van der Waals surface area contributed by atoms with Crippen LogP contribution in [0.25, 0.3) is 11.0 Å². The van der Waals surface area contributed by atoms with Crippen LogP contribution >= 0.6 is 12.6 Å². The molecule has 34 heavy (non-hydrogen) atoms. The number of carbonyl (C=O) groups is 2. The zero-order valence-electron chi connectivity index (χ0n) is 19.6. The van der Waals surface area contributed by atoms with E-state index in [4.69, 9.17) is 13.9 Å². The number of ether oxygens (including phenoxy) is 1. The minimum Gasteiger partial charge on any atom is -0.493 e. The number of hydrogen-bond donors (Lipinski definition) is 1. The van der Waals surface area contributed by atoms with Crippen LogP contribution in [0.15, 0.2) is 87.3 Å². The molecule has 0 atom stereocenters. The third kappa shape index (κ3) is 6.83. The molecule has 0 N–H and O–H groups in total. The molecule has 0 fully saturated rings. The van der Waals surface area contributed by atoms with Crippen LogP contribution in [0.3, 0.4) is 0 Å². The first-order valence-corrected chi connectivity index (χ1v) is 10.7. The number of oxime groups is 1. The summed E-state index contributed by atoms with van der Waals surface area (Å²) in [6.07, 6.45) is 0. The molecule has 0 bridgehead atoms. The highest BCUT2D eigenvalue weighted by Gasteiger charge is 2.16. The predicted molar refractivity (Wildman–Crippen MR) is 137 cm³/mol. The Kier molecular flexibility index (Phi) is 10.1. The Labute approximate surface area is 204 Å². The van der Waals surface area contributed by atoms with E-state index in [1.165, 1.54) is 5.56 Å². The lowest BCUT2D eigenvalue weighted by molar-refractivity contribution is -0.0980. The molecule has 3 aromatic carbocycles. The molecule has 1 aromatic heterocycles. The lowest BCUT2D eigenvalue weighted by atomic mass is 10.1. The van der Waals surface area contributed by atoms with Crippen molar-refractivity contribution in [3.8, 4) is 5.75 Å². The summed E-state index contributed by atoms with van der Waals surface area (Å²) in [5, 5.41) is 4.69. The summed E-state index contributed by atoms with van der Waals surface area (Å²) in [6, 6.07) is 22.5. The summed E-state index contributed by atoms with van der Waals surface area (Å²) in [5.41, 5.74) is 4.41. The van der Waals surface area contributed by atoms with Crippen LogP contribution in [-0.2, 0) is 9.63 Å². The molecule has 0 spiro atoms. The Balaban J connectivity index is 0.000000251. The SMILES string of the molecule is C=O.CON=C(C)c1ccc(C)cc1.COc1cccc2cc(C(=O)c3ccc(S)cc3)oc12. The summed E-state index contributed by atoms with van der Waals surface area (Å²) in [7, 11) is 3.13. The average Bonchev–Trinajstić information content (AvgIpc) is 3.31. The Morgan fingerprint density at radius 2 is 1.56 bits per heavy atom. The Hall–Kier alpha value is -3.84. The standard InChI is InChI=1S/C16H12O3S.C10H13NO.CH2O/c1-18-13-4-2-3-11-9-14(19-16(11)13)15(17)10-5-7-12(20)8-6-10;1-8-4-6-10(7-5-8)9(2)11-12-3;1-2/h2-9,20H,1H3;4-7H,1-3H3;1H2. The van der Waals surface area contributed by atoms with Crippen molar-refractivity contribution in [2.24, 2.45) is 5.16 Å². The van der Waals surface area contributed by atoms with Gasteiger partial charge in [0, 0.05) is 15.8 Å². The van der Waals surface area contributed by atoms with Crippen LogP contribution in [0.4, 0.5) is 0 Å². The smallest absolute Gasteiger partial charge is 0.228 e.